The number of amides is 2. The van der Waals surface area contributed by atoms with Crippen LogP contribution in [0.2, 0.25) is 0 Å². The molecule has 7 nitrogen and oxygen atoms in total. The van der Waals surface area contributed by atoms with E-state index >= 15 is 0 Å². The van der Waals surface area contributed by atoms with Crippen LogP contribution in [-0.4, -0.2) is 63.0 Å². The molecule has 1 aliphatic rings. The second-order valence-corrected chi connectivity index (χ2v) is 9.61. The van der Waals surface area contributed by atoms with Crippen molar-refractivity contribution < 1.29 is 14.0 Å². The lowest BCUT2D eigenvalue weighted by Crippen LogP contribution is -2.55. The number of hydrogen-bond acceptors (Lipinski definition) is 4. The van der Waals surface area contributed by atoms with Gasteiger partial charge in [-0.3, -0.25) is 9.59 Å². The third-order valence-corrected chi connectivity index (χ3v) is 5.97. The van der Waals surface area contributed by atoms with Crippen molar-refractivity contribution >= 4 is 23.1 Å². The summed E-state index contributed by atoms with van der Waals surface area (Å²) in [5.41, 5.74) is 2.00. The predicted octanol–water partition coefficient (Wildman–Crippen LogP) is 4.38. The minimum absolute atomic E-state index is 0.0467. The van der Waals surface area contributed by atoms with E-state index in [1.807, 2.05) is 39.5 Å². The van der Waals surface area contributed by atoms with Crippen molar-refractivity contribution in [2.45, 2.75) is 47.1 Å². The number of nitrogens with zero attached hydrogens (tertiary/aromatic N) is 3. The summed E-state index contributed by atoms with van der Waals surface area (Å²) < 4.78 is 13.2. The molecule has 1 aromatic carbocycles. The highest BCUT2D eigenvalue weighted by molar-refractivity contribution is 6.10. The Morgan fingerprint density at radius 1 is 1.21 bits per heavy atom. The molecular weight excluding hydrogens is 433 g/mol. The molecule has 1 aromatic heterocycles. The number of imidazole rings is 1. The Bertz CT molecular complexity index is 1070. The van der Waals surface area contributed by atoms with Crippen molar-refractivity contribution in [1.82, 2.24) is 19.8 Å². The molecule has 1 fully saturated rings. The molecule has 8 heteroatoms. The average molecular weight is 468 g/mol. The second-order valence-electron chi connectivity index (χ2n) is 9.61. The number of nitrogens with one attached hydrogen (secondary N) is 2. The van der Waals surface area contributed by atoms with E-state index in [-0.39, 0.29) is 35.3 Å². The number of aromatic amines is 1. The Hall–Kier alpha value is -3.29. The van der Waals surface area contributed by atoms with Gasteiger partial charge >= 0.3 is 0 Å². The molecule has 0 spiro atoms. The number of carbonyl (C=O) groups is 2. The molecule has 0 radical (unpaired) electrons. The van der Waals surface area contributed by atoms with Gasteiger partial charge in [0, 0.05) is 32.1 Å². The van der Waals surface area contributed by atoms with E-state index in [4.69, 9.17) is 5.41 Å². The first kappa shape index (κ1) is 25.3. The van der Waals surface area contributed by atoms with Crippen LogP contribution in [0.3, 0.4) is 0 Å². The largest absolute Gasteiger partial charge is 0.336 e. The quantitative estimate of drug-likeness (QED) is 0.592. The molecule has 2 amide bonds. The highest BCUT2D eigenvalue weighted by atomic mass is 19.1. The monoisotopic (exact) mass is 467 g/mol. The number of aromatic nitrogens is 2. The van der Waals surface area contributed by atoms with E-state index in [1.54, 1.807) is 23.1 Å². The fraction of sp³-hybridized carbons (Fsp3) is 0.462. The Labute approximate surface area is 200 Å². The van der Waals surface area contributed by atoms with Crippen molar-refractivity contribution in [2.24, 2.45) is 11.8 Å². The van der Waals surface area contributed by atoms with Crippen LogP contribution in [-0.2, 0) is 4.79 Å². The zero-order valence-corrected chi connectivity index (χ0v) is 20.6. The van der Waals surface area contributed by atoms with Gasteiger partial charge in [-0.05, 0) is 60.2 Å². The van der Waals surface area contributed by atoms with Crippen LogP contribution < -0.4 is 0 Å². The summed E-state index contributed by atoms with van der Waals surface area (Å²) in [6.07, 6.45) is 3.74. The first-order valence-electron chi connectivity index (χ1n) is 11.8. The Morgan fingerprint density at radius 2 is 1.88 bits per heavy atom. The fourth-order valence-corrected chi connectivity index (χ4v) is 4.10. The second kappa shape index (κ2) is 10.8. The number of allylic oxidation sites excluding steroid dienone is 2. The van der Waals surface area contributed by atoms with Crippen LogP contribution in [0, 0.1) is 23.1 Å². The highest BCUT2D eigenvalue weighted by Gasteiger charge is 2.31. The summed E-state index contributed by atoms with van der Waals surface area (Å²) >= 11 is 0. The van der Waals surface area contributed by atoms with Crippen LogP contribution >= 0.6 is 0 Å². The molecule has 1 saturated heterocycles. The normalized spacial score (nSPS) is 16.9. The minimum atomic E-state index is -0.349. The number of rotatable bonds is 7. The van der Waals surface area contributed by atoms with Gasteiger partial charge in [0.05, 0.1) is 11.9 Å². The summed E-state index contributed by atoms with van der Waals surface area (Å²) in [6, 6.07) is 5.74. The molecule has 0 saturated carbocycles. The SMILES string of the molecule is CC(C)CC(=O)N1CCN(C(=O)c2cnc(/C(=C\C(=N)c3ccc(F)cc3)C(C)C)[nH]2)CC1C. The van der Waals surface area contributed by atoms with Gasteiger partial charge in [0.25, 0.3) is 5.91 Å². The third kappa shape index (κ3) is 5.98. The summed E-state index contributed by atoms with van der Waals surface area (Å²) in [5, 5.41) is 8.40. The zero-order valence-electron chi connectivity index (χ0n) is 20.6. The fourth-order valence-electron chi connectivity index (χ4n) is 4.10. The van der Waals surface area contributed by atoms with Gasteiger partial charge in [-0.15, -0.1) is 0 Å². The van der Waals surface area contributed by atoms with E-state index in [1.165, 1.54) is 18.3 Å². The molecule has 2 heterocycles. The van der Waals surface area contributed by atoms with Gasteiger partial charge in [-0.2, -0.15) is 0 Å². The molecule has 2 aromatic rings. The maximum atomic E-state index is 13.2. The number of halogens is 1. The van der Waals surface area contributed by atoms with Gasteiger partial charge in [0.15, 0.2) is 0 Å². The average Bonchev–Trinajstić information content (AvgIpc) is 3.26. The van der Waals surface area contributed by atoms with Crippen LogP contribution in [0.25, 0.3) is 5.57 Å². The molecule has 1 atom stereocenters. The Morgan fingerprint density at radius 3 is 2.47 bits per heavy atom. The lowest BCUT2D eigenvalue weighted by molar-refractivity contribution is -0.136. The summed E-state index contributed by atoms with van der Waals surface area (Å²) in [5.74, 6) is 0.509. The van der Waals surface area contributed by atoms with Crippen molar-refractivity contribution in [3.05, 3.63) is 59.4 Å². The molecule has 2 N–H and O–H groups in total. The number of carbonyl (C=O) groups excluding carboxylic acids is 2. The molecule has 1 unspecified atom stereocenters. The highest BCUT2D eigenvalue weighted by Crippen LogP contribution is 2.23. The van der Waals surface area contributed by atoms with Gasteiger partial charge in [0.1, 0.15) is 17.3 Å². The molecule has 1 aliphatic heterocycles. The summed E-state index contributed by atoms with van der Waals surface area (Å²) in [4.78, 5) is 36.8. The van der Waals surface area contributed by atoms with E-state index in [2.05, 4.69) is 9.97 Å². The van der Waals surface area contributed by atoms with Crippen molar-refractivity contribution in [3.63, 3.8) is 0 Å². The Kier molecular flexibility index (Phi) is 8.02. The van der Waals surface area contributed by atoms with Crippen molar-refractivity contribution in [1.29, 1.82) is 5.41 Å². The van der Waals surface area contributed by atoms with Gasteiger partial charge in [-0.25, -0.2) is 9.37 Å². The molecule has 34 heavy (non-hydrogen) atoms. The van der Waals surface area contributed by atoms with E-state index in [0.29, 0.717) is 49.1 Å². The minimum Gasteiger partial charge on any atom is -0.336 e. The molecule has 3 rings (SSSR count). The van der Waals surface area contributed by atoms with Gasteiger partial charge in [0.2, 0.25) is 5.91 Å². The van der Waals surface area contributed by atoms with Crippen molar-refractivity contribution in [2.75, 3.05) is 19.6 Å². The van der Waals surface area contributed by atoms with Crippen LogP contribution in [0.5, 0.6) is 0 Å². The molecular formula is C26H34FN5O2. The summed E-state index contributed by atoms with van der Waals surface area (Å²) in [7, 11) is 0. The number of H-pyrrole nitrogens is 1. The lowest BCUT2D eigenvalue weighted by atomic mass is 9.98. The maximum absolute atomic E-state index is 13.2. The summed E-state index contributed by atoms with van der Waals surface area (Å²) in [6.45, 7) is 11.5. The molecule has 0 bridgehead atoms. The Balaban J connectivity index is 1.73. The smallest absolute Gasteiger partial charge is 0.272 e. The molecule has 0 aliphatic carbocycles. The maximum Gasteiger partial charge on any atom is 0.272 e. The van der Waals surface area contributed by atoms with Crippen LogP contribution in [0.1, 0.15) is 62.9 Å². The molecule has 182 valence electrons. The lowest BCUT2D eigenvalue weighted by Gasteiger charge is -2.40. The topological polar surface area (TPSA) is 93.2 Å². The van der Waals surface area contributed by atoms with Gasteiger partial charge in [-0.1, -0.05) is 27.7 Å². The number of benzene rings is 1. The third-order valence-electron chi connectivity index (χ3n) is 5.97. The van der Waals surface area contributed by atoms with E-state index in [9.17, 15) is 14.0 Å². The van der Waals surface area contributed by atoms with E-state index in [0.717, 1.165) is 5.57 Å². The predicted molar refractivity (Wildman–Crippen MR) is 131 cm³/mol. The van der Waals surface area contributed by atoms with Crippen molar-refractivity contribution in [3.8, 4) is 0 Å². The zero-order chi connectivity index (χ0) is 25.0. The number of hydrogen-bond donors (Lipinski definition) is 2. The van der Waals surface area contributed by atoms with Gasteiger partial charge < -0.3 is 20.2 Å². The first-order valence-corrected chi connectivity index (χ1v) is 11.8. The van der Waals surface area contributed by atoms with Crippen LogP contribution in [0.4, 0.5) is 4.39 Å². The number of piperazine rings is 1. The standard InChI is InChI=1S/C26H34FN5O2/c1-16(2)12-24(33)32-11-10-31(15-18(32)5)26(34)23-14-29-25(30-23)21(17(3)4)13-22(28)19-6-8-20(27)9-7-19/h6-9,13-14,16-18,28H,10-12,15H2,1-5H3,(H,29,30)/b21-13-,28-22?. The van der Waals surface area contributed by atoms with E-state index < -0.39 is 0 Å². The van der Waals surface area contributed by atoms with Crippen LogP contribution in [0.15, 0.2) is 36.5 Å². The first-order chi connectivity index (χ1) is 16.1.